The van der Waals surface area contributed by atoms with Crippen molar-refractivity contribution in [3.63, 3.8) is 0 Å². The Labute approximate surface area is 108 Å². The zero-order chi connectivity index (χ0) is 13.1. The number of rotatable bonds is 3. The molecule has 0 bridgehead atoms. The molecule has 5 heteroatoms. The molecule has 0 aliphatic carbocycles. The molecule has 0 saturated heterocycles. The summed E-state index contributed by atoms with van der Waals surface area (Å²) in [5, 5.41) is 0. The van der Waals surface area contributed by atoms with Gasteiger partial charge in [-0.3, -0.25) is 4.79 Å². The molecule has 0 unspecified atom stereocenters. The van der Waals surface area contributed by atoms with E-state index >= 15 is 0 Å². The summed E-state index contributed by atoms with van der Waals surface area (Å²) in [6.07, 6.45) is 0. The topological polar surface area (TPSA) is 69.1 Å². The van der Waals surface area contributed by atoms with Crippen molar-refractivity contribution in [1.29, 1.82) is 0 Å². The highest BCUT2D eigenvalue weighted by Crippen LogP contribution is 2.32. The van der Waals surface area contributed by atoms with E-state index < -0.39 is 5.91 Å². The van der Waals surface area contributed by atoms with E-state index in [0.717, 1.165) is 0 Å². The molecule has 2 rings (SSSR count). The highest BCUT2D eigenvalue weighted by Gasteiger charge is 2.10. The van der Waals surface area contributed by atoms with Crippen molar-refractivity contribution in [3.8, 4) is 0 Å². The van der Waals surface area contributed by atoms with Gasteiger partial charge < -0.3 is 11.5 Å². The quantitative estimate of drug-likeness (QED) is 0.835. The van der Waals surface area contributed by atoms with Crippen LogP contribution in [-0.2, 0) is 0 Å². The zero-order valence-electron chi connectivity index (χ0n) is 9.39. The van der Waals surface area contributed by atoms with Crippen LogP contribution in [0.25, 0.3) is 0 Å². The molecule has 2 aromatic rings. The molecule has 0 heterocycles. The smallest absolute Gasteiger partial charge is 0.249 e. The molecular weight excluding hydrogens is 251 g/mol. The third-order valence-corrected chi connectivity index (χ3v) is 3.34. The first kappa shape index (κ1) is 12.4. The van der Waals surface area contributed by atoms with Crippen molar-refractivity contribution in [2.24, 2.45) is 5.73 Å². The van der Waals surface area contributed by atoms with Gasteiger partial charge in [0, 0.05) is 15.5 Å². The van der Waals surface area contributed by atoms with E-state index in [1.54, 1.807) is 30.3 Å². The second-order valence-electron chi connectivity index (χ2n) is 3.68. The number of halogens is 1. The Bertz CT molecular complexity index is 601. The summed E-state index contributed by atoms with van der Waals surface area (Å²) in [4.78, 5) is 12.6. The summed E-state index contributed by atoms with van der Waals surface area (Å²) >= 11 is 1.25. The summed E-state index contributed by atoms with van der Waals surface area (Å²) in [6, 6.07) is 10.9. The lowest BCUT2D eigenvalue weighted by molar-refractivity contribution is 0.0997. The predicted octanol–water partition coefficient (Wildman–Crippen LogP) is 2.66. The fraction of sp³-hybridized carbons (Fsp3) is 0. The Hall–Kier alpha value is -2.01. The van der Waals surface area contributed by atoms with Crippen molar-refractivity contribution >= 4 is 23.4 Å². The van der Waals surface area contributed by atoms with Crippen molar-refractivity contribution < 1.29 is 9.18 Å². The van der Waals surface area contributed by atoms with E-state index in [9.17, 15) is 9.18 Å². The lowest BCUT2D eigenvalue weighted by Crippen LogP contribution is -2.12. The molecule has 0 fully saturated rings. The van der Waals surface area contributed by atoms with Gasteiger partial charge in [0.2, 0.25) is 5.91 Å². The molecular formula is C13H11FN2OS. The fourth-order valence-electron chi connectivity index (χ4n) is 1.48. The first-order valence-corrected chi connectivity index (χ1v) is 6.00. The maximum atomic E-state index is 13.1. The van der Waals surface area contributed by atoms with Crippen molar-refractivity contribution in [2.75, 3.05) is 5.73 Å². The Kier molecular flexibility index (Phi) is 3.53. The van der Waals surface area contributed by atoms with Crippen LogP contribution in [-0.4, -0.2) is 5.91 Å². The van der Waals surface area contributed by atoms with Crippen LogP contribution in [0.5, 0.6) is 0 Å². The minimum atomic E-state index is -0.533. The number of nitrogens with two attached hydrogens (primary N) is 2. The second-order valence-corrected chi connectivity index (χ2v) is 4.79. The number of hydrogen-bond donors (Lipinski definition) is 2. The van der Waals surface area contributed by atoms with Crippen LogP contribution in [0.3, 0.4) is 0 Å². The van der Waals surface area contributed by atoms with Crippen LogP contribution in [0.4, 0.5) is 10.1 Å². The number of carbonyl (C=O) groups is 1. The van der Waals surface area contributed by atoms with Gasteiger partial charge in [-0.15, -0.1) is 0 Å². The molecule has 18 heavy (non-hydrogen) atoms. The maximum absolute atomic E-state index is 13.1. The molecule has 0 saturated carbocycles. The summed E-state index contributed by atoms with van der Waals surface area (Å²) in [5.74, 6) is -0.863. The van der Waals surface area contributed by atoms with Crippen LogP contribution in [0.15, 0.2) is 52.3 Å². The highest BCUT2D eigenvalue weighted by atomic mass is 32.2. The molecule has 0 aromatic heterocycles. The monoisotopic (exact) mass is 262 g/mol. The molecule has 0 radical (unpaired) electrons. The van der Waals surface area contributed by atoms with Gasteiger partial charge in [0.25, 0.3) is 0 Å². The van der Waals surface area contributed by atoms with E-state index in [1.165, 1.54) is 23.9 Å². The Morgan fingerprint density at radius 2 is 1.94 bits per heavy atom. The summed E-state index contributed by atoms with van der Waals surface area (Å²) in [5.41, 5.74) is 11.9. The van der Waals surface area contributed by atoms with Crippen LogP contribution in [0, 0.1) is 5.82 Å². The predicted molar refractivity (Wildman–Crippen MR) is 69.9 cm³/mol. The number of benzene rings is 2. The fourth-order valence-corrected chi connectivity index (χ4v) is 2.53. The number of hydrogen-bond acceptors (Lipinski definition) is 3. The van der Waals surface area contributed by atoms with Crippen molar-refractivity contribution in [2.45, 2.75) is 9.79 Å². The Balaban J connectivity index is 2.39. The number of anilines is 1. The van der Waals surface area contributed by atoms with Gasteiger partial charge in [0.1, 0.15) is 5.82 Å². The molecule has 0 aliphatic rings. The Morgan fingerprint density at radius 1 is 1.17 bits per heavy atom. The molecule has 4 N–H and O–H groups in total. The second kappa shape index (κ2) is 5.10. The van der Waals surface area contributed by atoms with Crippen LogP contribution >= 0.6 is 11.8 Å². The van der Waals surface area contributed by atoms with E-state index in [-0.39, 0.29) is 5.82 Å². The summed E-state index contributed by atoms with van der Waals surface area (Å²) in [6.45, 7) is 0. The number of primary amides is 1. The zero-order valence-corrected chi connectivity index (χ0v) is 10.2. The lowest BCUT2D eigenvalue weighted by atomic mass is 10.2. The first-order chi connectivity index (χ1) is 8.56. The molecule has 1 amide bonds. The third kappa shape index (κ3) is 2.81. The number of nitrogen functional groups attached to an aromatic ring is 1. The van der Waals surface area contributed by atoms with Gasteiger partial charge in [0.05, 0.1) is 5.56 Å². The molecule has 0 atom stereocenters. The average molecular weight is 262 g/mol. The van der Waals surface area contributed by atoms with Crippen LogP contribution < -0.4 is 11.5 Å². The molecule has 0 spiro atoms. The molecule has 2 aromatic carbocycles. The minimum Gasteiger partial charge on any atom is -0.399 e. The first-order valence-electron chi connectivity index (χ1n) is 5.19. The third-order valence-electron chi connectivity index (χ3n) is 2.30. The normalized spacial score (nSPS) is 10.3. The van der Waals surface area contributed by atoms with Gasteiger partial charge in [-0.2, -0.15) is 0 Å². The van der Waals surface area contributed by atoms with Gasteiger partial charge in [0.15, 0.2) is 0 Å². The van der Waals surface area contributed by atoms with E-state index in [1.807, 2.05) is 0 Å². The van der Waals surface area contributed by atoms with Gasteiger partial charge in [-0.05, 0) is 36.4 Å². The van der Waals surface area contributed by atoms with E-state index in [2.05, 4.69) is 0 Å². The van der Waals surface area contributed by atoms with Gasteiger partial charge >= 0.3 is 0 Å². The molecule has 92 valence electrons. The van der Waals surface area contributed by atoms with Crippen LogP contribution in [0.1, 0.15) is 10.4 Å². The number of amides is 1. The summed E-state index contributed by atoms with van der Waals surface area (Å²) in [7, 11) is 0. The highest BCUT2D eigenvalue weighted by molar-refractivity contribution is 7.99. The van der Waals surface area contributed by atoms with E-state index in [4.69, 9.17) is 11.5 Å². The van der Waals surface area contributed by atoms with E-state index in [0.29, 0.717) is 21.0 Å². The minimum absolute atomic E-state index is 0.329. The van der Waals surface area contributed by atoms with Gasteiger partial charge in [-0.1, -0.05) is 17.8 Å². The lowest BCUT2D eigenvalue weighted by Gasteiger charge is -2.07. The Morgan fingerprint density at radius 3 is 2.61 bits per heavy atom. The van der Waals surface area contributed by atoms with Crippen LogP contribution in [0.2, 0.25) is 0 Å². The largest absolute Gasteiger partial charge is 0.399 e. The van der Waals surface area contributed by atoms with Crippen molar-refractivity contribution in [1.82, 2.24) is 0 Å². The molecule has 0 aliphatic heterocycles. The standard InChI is InChI=1S/C13H11FN2OS/c14-8-2-1-3-10(6-8)18-12-7-9(15)4-5-11(12)13(16)17/h1-7H,15H2,(H2,16,17). The SMILES string of the molecule is NC(=O)c1ccc(N)cc1Sc1cccc(F)c1. The summed E-state index contributed by atoms with van der Waals surface area (Å²) < 4.78 is 13.1. The number of carbonyl (C=O) groups excluding carboxylic acids is 1. The van der Waals surface area contributed by atoms with Crippen molar-refractivity contribution in [3.05, 3.63) is 53.8 Å². The maximum Gasteiger partial charge on any atom is 0.249 e. The average Bonchev–Trinajstić information content (AvgIpc) is 2.28. The molecule has 3 nitrogen and oxygen atoms in total. The van der Waals surface area contributed by atoms with Gasteiger partial charge in [-0.25, -0.2) is 4.39 Å².